The number of amides is 1. The maximum Gasteiger partial charge on any atom is 0.263 e. The third kappa shape index (κ3) is 2.94. The quantitative estimate of drug-likeness (QED) is 0.869. The summed E-state index contributed by atoms with van der Waals surface area (Å²) in [6, 6.07) is 1.68. The van der Waals surface area contributed by atoms with Gasteiger partial charge in [0.1, 0.15) is 0 Å². The minimum Gasteiger partial charge on any atom is -0.396 e. The van der Waals surface area contributed by atoms with Crippen molar-refractivity contribution in [2.75, 3.05) is 19.7 Å². The topological polar surface area (TPSA) is 57.6 Å². The highest BCUT2D eigenvalue weighted by Crippen LogP contribution is 2.34. The van der Waals surface area contributed by atoms with Gasteiger partial charge in [-0.2, -0.15) is 0 Å². The Labute approximate surface area is 123 Å². The molecule has 0 bridgehead atoms. The molecule has 5 heteroatoms. The summed E-state index contributed by atoms with van der Waals surface area (Å²) >= 11 is 1.33. The second kappa shape index (κ2) is 6.06. The van der Waals surface area contributed by atoms with Gasteiger partial charge in [0.25, 0.3) is 5.91 Å². The first-order valence-electron chi connectivity index (χ1n) is 7.01. The maximum atomic E-state index is 12.4. The van der Waals surface area contributed by atoms with Crippen molar-refractivity contribution in [3.8, 4) is 0 Å². The SMILES string of the molecule is CCC1(CO)CCN(C(=O)c2cc(C(C)=O)cs2)CC1. The average Bonchev–Trinajstić information content (AvgIpc) is 2.96. The summed E-state index contributed by atoms with van der Waals surface area (Å²) in [5.41, 5.74) is 0.588. The van der Waals surface area contributed by atoms with Crippen LogP contribution in [0, 0.1) is 5.41 Å². The Morgan fingerprint density at radius 1 is 1.40 bits per heavy atom. The number of nitrogens with zero attached hydrogens (tertiary/aromatic N) is 1. The first-order chi connectivity index (χ1) is 9.51. The Balaban J connectivity index is 2.02. The van der Waals surface area contributed by atoms with E-state index in [0.29, 0.717) is 23.5 Å². The predicted molar refractivity (Wildman–Crippen MR) is 79.3 cm³/mol. The van der Waals surface area contributed by atoms with Gasteiger partial charge in [-0.1, -0.05) is 6.92 Å². The number of aliphatic hydroxyl groups excluding tert-OH is 1. The zero-order chi connectivity index (χ0) is 14.8. The zero-order valence-electron chi connectivity index (χ0n) is 12.0. The third-order valence-corrected chi connectivity index (χ3v) is 5.33. The van der Waals surface area contributed by atoms with Gasteiger partial charge in [-0.25, -0.2) is 0 Å². The highest BCUT2D eigenvalue weighted by atomic mass is 32.1. The molecule has 0 aliphatic carbocycles. The van der Waals surface area contributed by atoms with Gasteiger partial charge in [-0.3, -0.25) is 9.59 Å². The number of hydrogen-bond acceptors (Lipinski definition) is 4. The fourth-order valence-corrected chi connectivity index (χ4v) is 3.51. The number of carbonyl (C=O) groups is 2. The van der Waals surface area contributed by atoms with Crippen LogP contribution in [-0.2, 0) is 0 Å². The summed E-state index contributed by atoms with van der Waals surface area (Å²) in [4.78, 5) is 26.1. The fourth-order valence-electron chi connectivity index (χ4n) is 2.60. The third-order valence-electron chi connectivity index (χ3n) is 4.41. The van der Waals surface area contributed by atoms with Gasteiger partial charge in [0.2, 0.25) is 0 Å². The standard InChI is InChI=1S/C15H21NO3S/c1-3-15(10-17)4-6-16(7-5-15)14(19)13-8-12(9-20-13)11(2)18/h8-9,17H,3-7,10H2,1-2H3. The lowest BCUT2D eigenvalue weighted by molar-refractivity contribution is 0.0341. The van der Waals surface area contributed by atoms with Crippen molar-refractivity contribution in [2.45, 2.75) is 33.1 Å². The molecule has 2 heterocycles. The molecule has 2 rings (SSSR count). The molecule has 1 fully saturated rings. The number of carbonyl (C=O) groups excluding carboxylic acids is 2. The number of Topliss-reactive ketones (excluding diaryl/α,β-unsaturated/α-hetero) is 1. The number of piperidine rings is 1. The van der Waals surface area contributed by atoms with Gasteiger partial charge in [0, 0.05) is 30.6 Å². The van der Waals surface area contributed by atoms with E-state index in [1.807, 2.05) is 4.90 Å². The van der Waals surface area contributed by atoms with E-state index in [1.165, 1.54) is 18.3 Å². The summed E-state index contributed by atoms with van der Waals surface area (Å²) in [6.45, 7) is 5.15. The van der Waals surface area contributed by atoms with Crippen LogP contribution in [0.1, 0.15) is 53.1 Å². The van der Waals surface area contributed by atoms with Crippen molar-refractivity contribution in [2.24, 2.45) is 5.41 Å². The first-order valence-corrected chi connectivity index (χ1v) is 7.89. The number of rotatable bonds is 4. The molecular weight excluding hydrogens is 274 g/mol. The van der Waals surface area contributed by atoms with Gasteiger partial charge in [-0.05, 0) is 37.7 Å². The second-order valence-corrected chi connectivity index (χ2v) is 6.47. The van der Waals surface area contributed by atoms with Crippen LogP contribution in [0.5, 0.6) is 0 Å². The Morgan fingerprint density at radius 3 is 2.50 bits per heavy atom. The minimum absolute atomic E-state index is 0.00476. The molecule has 1 amide bonds. The molecule has 1 aliphatic rings. The van der Waals surface area contributed by atoms with E-state index in [2.05, 4.69) is 6.92 Å². The Bertz CT molecular complexity index is 495. The molecule has 1 aromatic rings. The van der Waals surface area contributed by atoms with Gasteiger partial charge >= 0.3 is 0 Å². The van der Waals surface area contributed by atoms with Crippen LogP contribution in [0.25, 0.3) is 0 Å². The number of aliphatic hydroxyl groups is 1. The van der Waals surface area contributed by atoms with E-state index in [9.17, 15) is 14.7 Å². The van der Waals surface area contributed by atoms with Crippen LogP contribution in [0.3, 0.4) is 0 Å². The molecule has 20 heavy (non-hydrogen) atoms. The molecule has 1 N–H and O–H groups in total. The van der Waals surface area contributed by atoms with E-state index >= 15 is 0 Å². The molecule has 1 saturated heterocycles. The van der Waals surface area contributed by atoms with Gasteiger partial charge in [0.05, 0.1) is 4.88 Å². The van der Waals surface area contributed by atoms with Crippen LogP contribution in [0.15, 0.2) is 11.4 Å². The van der Waals surface area contributed by atoms with Gasteiger partial charge in [0.15, 0.2) is 5.78 Å². The summed E-state index contributed by atoms with van der Waals surface area (Å²) in [6.07, 6.45) is 2.63. The normalized spacial score (nSPS) is 18.1. The molecule has 0 atom stereocenters. The smallest absolute Gasteiger partial charge is 0.263 e. The summed E-state index contributed by atoms with van der Waals surface area (Å²) in [7, 11) is 0. The fraction of sp³-hybridized carbons (Fsp3) is 0.600. The lowest BCUT2D eigenvalue weighted by Gasteiger charge is -2.40. The number of thiophene rings is 1. The lowest BCUT2D eigenvalue weighted by Crippen LogP contribution is -2.44. The maximum absolute atomic E-state index is 12.4. The lowest BCUT2D eigenvalue weighted by atomic mass is 9.77. The largest absolute Gasteiger partial charge is 0.396 e. The van der Waals surface area contributed by atoms with Crippen LogP contribution in [0.4, 0.5) is 0 Å². The Morgan fingerprint density at radius 2 is 2.05 bits per heavy atom. The van der Waals surface area contributed by atoms with Crippen molar-refractivity contribution < 1.29 is 14.7 Å². The summed E-state index contributed by atoms with van der Waals surface area (Å²) in [5.74, 6) is -0.00522. The van der Waals surface area contributed by atoms with Crippen LogP contribution in [0.2, 0.25) is 0 Å². The van der Waals surface area contributed by atoms with E-state index in [1.54, 1.807) is 11.4 Å². The predicted octanol–water partition coefficient (Wildman–Crippen LogP) is 2.58. The Kier molecular flexibility index (Phi) is 4.60. The first kappa shape index (κ1) is 15.2. The monoisotopic (exact) mass is 295 g/mol. The van der Waals surface area contributed by atoms with Crippen molar-refractivity contribution in [3.63, 3.8) is 0 Å². The minimum atomic E-state index is -0.0171. The van der Waals surface area contributed by atoms with Gasteiger partial charge < -0.3 is 10.0 Å². The van der Waals surface area contributed by atoms with Gasteiger partial charge in [-0.15, -0.1) is 11.3 Å². The van der Waals surface area contributed by atoms with E-state index in [0.717, 1.165) is 19.3 Å². The zero-order valence-corrected chi connectivity index (χ0v) is 12.8. The molecule has 0 unspecified atom stereocenters. The van der Waals surface area contributed by atoms with Crippen LogP contribution in [-0.4, -0.2) is 41.4 Å². The molecule has 1 aromatic heterocycles. The molecule has 0 radical (unpaired) electrons. The number of likely N-dealkylation sites (tertiary alicyclic amines) is 1. The van der Waals surface area contributed by atoms with Crippen molar-refractivity contribution >= 4 is 23.0 Å². The summed E-state index contributed by atoms with van der Waals surface area (Å²) in [5, 5.41) is 11.2. The van der Waals surface area contributed by atoms with Crippen molar-refractivity contribution in [1.29, 1.82) is 0 Å². The summed E-state index contributed by atoms with van der Waals surface area (Å²) < 4.78 is 0. The van der Waals surface area contributed by atoms with Crippen molar-refractivity contribution in [3.05, 3.63) is 21.9 Å². The highest BCUT2D eigenvalue weighted by molar-refractivity contribution is 7.12. The molecule has 1 aliphatic heterocycles. The number of ketones is 1. The molecular formula is C15H21NO3S. The molecule has 110 valence electrons. The van der Waals surface area contributed by atoms with E-state index in [4.69, 9.17) is 0 Å². The Hall–Kier alpha value is -1.20. The van der Waals surface area contributed by atoms with Crippen LogP contribution < -0.4 is 0 Å². The molecule has 0 aromatic carbocycles. The van der Waals surface area contributed by atoms with E-state index in [-0.39, 0.29) is 23.7 Å². The van der Waals surface area contributed by atoms with Crippen LogP contribution >= 0.6 is 11.3 Å². The molecule has 0 saturated carbocycles. The molecule has 0 spiro atoms. The molecule has 4 nitrogen and oxygen atoms in total. The second-order valence-electron chi connectivity index (χ2n) is 5.56. The highest BCUT2D eigenvalue weighted by Gasteiger charge is 2.34. The van der Waals surface area contributed by atoms with E-state index < -0.39 is 0 Å². The number of hydrogen-bond donors (Lipinski definition) is 1. The van der Waals surface area contributed by atoms with Crippen molar-refractivity contribution in [1.82, 2.24) is 4.90 Å². The average molecular weight is 295 g/mol.